The zero-order chi connectivity index (χ0) is 25.6. The molecule has 0 amide bonds. The fourth-order valence-electron chi connectivity index (χ4n) is 5.21. The number of nitrogens with zero attached hydrogens (tertiary/aromatic N) is 3. The van der Waals surface area contributed by atoms with Crippen molar-refractivity contribution in [3.63, 3.8) is 0 Å². The van der Waals surface area contributed by atoms with E-state index in [1.54, 1.807) is 19.3 Å². The van der Waals surface area contributed by atoms with Crippen LogP contribution in [0.15, 0.2) is 36.8 Å². The number of H-pyrrole nitrogens is 1. The Balaban J connectivity index is 1.53. The Labute approximate surface area is 211 Å². The molecule has 0 saturated heterocycles. The Morgan fingerprint density at radius 2 is 1.94 bits per heavy atom. The van der Waals surface area contributed by atoms with Crippen LogP contribution in [0.4, 0.5) is 13.2 Å². The Morgan fingerprint density at radius 3 is 2.67 bits per heavy atom. The first-order valence-corrected chi connectivity index (χ1v) is 12.2. The smallest absolute Gasteiger partial charge is 0.387 e. The van der Waals surface area contributed by atoms with E-state index in [2.05, 4.69) is 19.8 Å². The van der Waals surface area contributed by atoms with Crippen LogP contribution < -0.4 is 4.74 Å². The average molecular weight is 519 g/mol. The number of halogens is 4. The van der Waals surface area contributed by atoms with Crippen LogP contribution in [0.3, 0.4) is 0 Å². The van der Waals surface area contributed by atoms with Gasteiger partial charge in [-0.25, -0.2) is 9.37 Å². The van der Waals surface area contributed by atoms with Crippen molar-refractivity contribution >= 4 is 22.6 Å². The maximum absolute atomic E-state index is 14.3. The van der Waals surface area contributed by atoms with Crippen LogP contribution in [0.25, 0.3) is 22.2 Å². The first-order chi connectivity index (χ1) is 17.2. The van der Waals surface area contributed by atoms with E-state index in [0.717, 1.165) is 59.5 Å². The van der Waals surface area contributed by atoms with Crippen molar-refractivity contribution in [2.45, 2.75) is 64.2 Å². The fourth-order valence-corrected chi connectivity index (χ4v) is 5.53. The quantitative estimate of drug-likeness (QED) is 0.296. The van der Waals surface area contributed by atoms with E-state index in [-0.39, 0.29) is 28.5 Å². The first-order valence-electron chi connectivity index (χ1n) is 11.9. The molecule has 0 radical (unpaired) electrons. The van der Waals surface area contributed by atoms with Crippen LogP contribution in [0.1, 0.15) is 61.4 Å². The molecule has 3 heterocycles. The lowest BCUT2D eigenvalue weighted by Gasteiger charge is -2.26. The molecule has 1 fully saturated rings. The van der Waals surface area contributed by atoms with Crippen molar-refractivity contribution in [2.24, 2.45) is 0 Å². The summed E-state index contributed by atoms with van der Waals surface area (Å²) in [6.07, 6.45) is 8.33. The SMILES string of the molecule is Cc1c(-c2cnc3[nH]cc([C@@H](C)c4c(OC(F)F)ccc(F)c4Cl)c3c2)cnn1[C@H]1CC[C@H](O)CC1. The van der Waals surface area contributed by atoms with Gasteiger partial charge in [0.15, 0.2) is 0 Å². The number of alkyl halides is 2. The van der Waals surface area contributed by atoms with Gasteiger partial charge in [0.2, 0.25) is 0 Å². The number of aliphatic hydroxyl groups is 1. The largest absolute Gasteiger partial charge is 0.434 e. The summed E-state index contributed by atoms with van der Waals surface area (Å²) in [4.78, 5) is 7.66. The molecule has 4 aromatic rings. The van der Waals surface area contributed by atoms with E-state index in [1.807, 2.05) is 23.9 Å². The van der Waals surface area contributed by atoms with Crippen molar-refractivity contribution in [2.75, 3.05) is 0 Å². The van der Waals surface area contributed by atoms with Gasteiger partial charge >= 0.3 is 6.61 Å². The van der Waals surface area contributed by atoms with Crippen molar-refractivity contribution in [3.05, 3.63) is 64.5 Å². The predicted molar refractivity (Wildman–Crippen MR) is 131 cm³/mol. The zero-order valence-electron chi connectivity index (χ0n) is 19.8. The summed E-state index contributed by atoms with van der Waals surface area (Å²) >= 11 is 6.23. The molecule has 10 heteroatoms. The molecular formula is C26H26ClF3N4O2. The van der Waals surface area contributed by atoms with Crippen molar-refractivity contribution in [1.29, 1.82) is 0 Å². The van der Waals surface area contributed by atoms with Gasteiger partial charge < -0.3 is 14.8 Å². The minimum absolute atomic E-state index is 0.145. The Morgan fingerprint density at radius 1 is 1.19 bits per heavy atom. The number of fused-ring (bicyclic) bond motifs is 1. The Hall–Kier alpha value is -3.04. The number of aliphatic hydroxyl groups excluding tert-OH is 1. The molecule has 1 aromatic carbocycles. The number of pyridine rings is 1. The monoisotopic (exact) mass is 518 g/mol. The molecule has 1 atom stereocenters. The van der Waals surface area contributed by atoms with Crippen LogP contribution in [-0.4, -0.2) is 37.6 Å². The molecule has 0 bridgehead atoms. The third kappa shape index (κ3) is 4.46. The highest BCUT2D eigenvalue weighted by atomic mass is 35.5. The van der Waals surface area contributed by atoms with Crippen LogP contribution >= 0.6 is 11.6 Å². The maximum Gasteiger partial charge on any atom is 0.387 e. The standard InChI is InChI=1S/C26H26ClF3N4O2/c1-13(23-22(36-26(29)30)8-7-21(28)24(23)27)19-11-32-25-18(19)9-15(10-31-25)20-12-33-34(14(20)2)16-3-5-17(35)6-4-16/h7-13,16-17,26,35H,3-6H2,1-2H3,(H,31,32)/t13-,16-,17-/m1/s1. The molecule has 1 saturated carbocycles. The van der Waals surface area contributed by atoms with Crippen LogP contribution in [0.5, 0.6) is 5.75 Å². The van der Waals surface area contributed by atoms with Gasteiger partial charge in [-0.1, -0.05) is 18.5 Å². The summed E-state index contributed by atoms with van der Waals surface area (Å²) in [5, 5.41) is 15.0. The Kier molecular flexibility index (Phi) is 6.70. The number of aromatic amines is 1. The van der Waals surface area contributed by atoms with Gasteiger partial charge in [-0.15, -0.1) is 0 Å². The summed E-state index contributed by atoms with van der Waals surface area (Å²) in [6, 6.07) is 4.38. The molecule has 6 nitrogen and oxygen atoms in total. The third-order valence-corrected chi connectivity index (χ3v) is 7.52. The summed E-state index contributed by atoms with van der Waals surface area (Å²) < 4.78 is 47.0. The van der Waals surface area contributed by atoms with Gasteiger partial charge in [0.1, 0.15) is 17.2 Å². The predicted octanol–water partition coefficient (Wildman–Crippen LogP) is 6.76. The van der Waals surface area contributed by atoms with Crippen LogP contribution in [0, 0.1) is 12.7 Å². The highest BCUT2D eigenvalue weighted by Gasteiger charge is 2.26. The number of hydrogen-bond donors (Lipinski definition) is 2. The second-order valence-corrected chi connectivity index (χ2v) is 9.67. The van der Waals surface area contributed by atoms with Gasteiger partial charge in [-0.2, -0.15) is 13.9 Å². The summed E-state index contributed by atoms with van der Waals surface area (Å²) in [5.74, 6) is -1.45. The van der Waals surface area contributed by atoms with E-state index >= 15 is 0 Å². The van der Waals surface area contributed by atoms with Gasteiger partial charge in [-0.3, -0.25) is 4.68 Å². The van der Waals surface area contributed by atoms with Crippen molar-refractivity contribution in [3.8, 4) is 16.9 Å². The van der Waals surface area contributed by atoms with Crippen LogP contribution in [0.2, 0.25) is 5.02 Å². The average Bonchev–Trinajstić information content (AvgIpc) is 3.44. The topological polar surface area (TPSA) is 76.0 Å². The highest BCUT2D eigenvalue weighted by Crippen LogP contribution is 2.42. The summed E-state index contributed by atoms with van der Waals surface area (Å²) in [7, 11) is 0. The van der Waals surface area contributed by atoms with E-state index in [1.165, 1.54) is 6.07 Å². The van der Waals surface area contributed by atoms with Crippen LogP contribution in [-0.2, 0) is 0 Å². The molecular weight excluding hydrogens is 493 g/mol. The number of benzene rings is 1. The summed E-state index contributed by atoms with van der Waals surface area (Å²) in [5.41, 5.74) is 4.26. The number of rotatable bonds is 6. The van der Waals surface area contributed by atoms with Gasteiger partial charge in [0.05, 0.1) is 23.4 Å². The molecule has 36 heavy (non-hydrogen) atoms. The molecule has 1 aliphatic rings. The van der Waals surface area contributed by atoms with Gasteiger partial charge in [0.25, 0.3) is 0 Å². The lowest BCUT2D eigenvalue weighted by Crippen LogP contribution is -2.22. The van der Waals surface area contributed by atoms with Gasteiger partial charge in [0, 0.05) is 46.1 Å². The molecule has 0 unspecified atom stereocenters. The maximum atomic E-state index is 14.3. The molecule has 0 aliphatic heterocycles. The molecule has 0 spiro atoms. The fraction of sp³-hybridized carbons (Fsp3) is 0.385. The molecule has 3 aromatic heterocycles. The van der Waals surface area contributed by atoms with E-state index in [4.69, 9.17) is 11.6 Å². The highest BCUT2D eigenvalue weighted by molar-refractivity contribution is 6.31. The third-order valence-electron chi connectivity index (χ3n) is 7.14. The normalized spacial score (nSPS) is 19.2. The molecule has 190 valence electrons. The van der Waals surface area contributed by atoms with Crippen molar-refractivity contribution in [1.82, 2.24) is 19.7 Å². The molecule has 1 aliphatic carbocycles. The lowest BCUT2D eigenvalue weighted by atomic mass is 9.91. The zero-order valence-corrected chi connectivity index (χ0v) is 20.6. The molecule has 2 N–H and O–H groups in total. The number of aromatic nitrogens is 4. The number of nitrogens with one attached hydrogen (secondary N) is 1. The van der Waals surface area contributed by atoms with Gasteiger partial charge in [-0.05, 0) is 56.4 Å². The first kappa shape index (κ1) is 24.6. The minimum Gasteiger partial charge on any atom is -0.434 e. The minimum atomic E-state index is -3.07. The number of ether oxygens (including phenoxy) is 1. The van der Waals surface area contributed by atoms with E-state index in [0.29, 0.717) is 5.65 Å². The number of hydrogen-bond acceptors (Lipinski definition) is 4. The second-order valence-electron chi connectivity index (χ2n) is 9.29. The Bertz CT molecular complexity index is 1400. The second kappa shape index (κ2) is 9.78. The van der Waals surface area contributed by atoms with E-state index in [9.17, 15) is 18.3 Å². The van der Waals surface area contributed by atoms with E-state index < -0.39 is 18.3 Å². The summed E-state index contributed by atoms with van der Waals surface area (Å²) in [6.45, 7) is 0.703. The van der Waals surface area contributed by atoms with Crippen molar-refractivity contribution < 1.29 is 23.0 Å². The lowest BCUT2D eigenvalue weighted by molar-refractivity contribution is -0.0505. The molecule has 5 rings (SSSR count).